The molecular formula is C12H14BrN3O2S2. The quantitative estimate of drug-likeness (QED) is 0.814. The zero-order chi connectivity index (χ0) is 14.6. The van der Waals surface area contributed by atoms with Crippen molar-refractivity contribution in [3.63, 3.8) is 0 Å². The minimum absolute atomic E-state index is 0.164. The normalized spacial score (nSPS) is 11.5. The van der Waals surface area contributed by atoms with E-state index in [4.69, 9.17) is 0 Å². The summed E-state index contributed by atoms with van der Waals surface area (Å²) in [6, 6.07) is 6.92. The van der Waals surface area contributed by atoms with Gasteiger partial charge in [-0.25, -0.2) is 18.1 Å². The van der Waals surface area contributed by atoms with Gasteiger partial charge in [-0.1, -0.05) is 0 Å². The molecule has 0 aliphatic rings. The summed E-state index contributed by atoms with van der Waals surface area (Å²) in [7, 11) is -3.59. The van der Waals surface area contributed by atoms with E-state index in [-0.39, 0.29) is 11.4 Å². The van der Waals surface area contributed by atoms with Gasteiger partial charge in [0, 0.05) is 24.2 Å². The Morgan fingerprint density at radius 3 is 2.80 bits per heavy atom. The number of aromatic nitrogens is 1. The summed E-state index contributed by atoms with van der Waals surface area (Å²) < 4.78 is 28.2. The molecule has 0 aliphatic carbocycles. The van der Waals surface area contributed by atoms with Crippen LogP contribution in [0, 0.1) is 0 Å². The van der Waals surface area contributed by atoms with Crippen LogP contribution in [-0.4, -0.2) is 19.9 Å². The predicted octanol–water partition coefficient (Wildman–Crippen LogP) is 2.82. The van der Waals surface area contributed by atoms with Crippen molar-refractivity contribution in [2.24, 2.45) is 0 Å². The number of sulfonamides is 1. The average Bonchev–Trinajstić information content (AvgIpc) is 2.83. The lowest BCUT2D eigenvalue weighted by molar-refractivity contribution is 0.581. The third-order valence-electron chi connectivity index (χ3n) is 2.47. The Morgan fingerprint density at radius 1 is 1.35 bits per heavy atom. The second-order valence-electron chi connectivity index (χ2n) is 3.91. The Hall–Kier alpha value is -0.960. The van der Waals surface area contributed by atoms with Crippen LogP contribution in [0.25, 0.3) is 0 Å². The number of pyridine rings is 1. The molecule has 5 nitrogen and oxygen atoms in total. The molecule has 2 N–H and O–H groups in total. The van der Waals surface area contributed by atoms with E-state index >= 15 is 0 Å². The summed E-state index contributed by atoms with van der Waals surface area (Å²) in [5, 5.41) is 2.95. The molecule has 0 fully saturated rings. The van der Waals surface area contributed by atoms with Gasteiger partial charge in [-0.3, -0.25) is 0 Å². The molecule has 0 spiro atoms. The molecule has 108 valence electrons. The molecule has 0 aliphatic heterocycles. The van der Waals surface area contributed by atoms with Crippen LogP contribution in [0.3, 0.4) is 0 Å². The number of hydrogen-bond acceptors (Lipinski definition) is 5. The number of anilines is 1. The summed E-state index contributed by atoms with van der Waals surface area (Å²) in [4.78, 5) is 5.16. The summed E-state index contributed by atoms with van der Waals surface area (Å²) in [5.74, 6) is 0.370. The minimum atomic E-state index is -3.59. The van der Waals surface area contributed by atoms with Crippen LogP contribution < -0.4 is 10.0 Å². The van der Waals surface area contributed by atoms with E-state index in [0.717, 1.165) is 8.66 Å². The molecule has 0 bridgehead atoms. The molecule has 0 amide bonds. The molecule has 2 aromatic heterocycles. The van der Waals surface area contributed by atoms with Crippen molar-refractivity contribution in [2.45, 2.75) is 18.4 Å². The Labute approximate surface area is 130 Å². The van der Waals surface area contributed by atoms with E-state index in [9.17, 15) is 8.42 Å². The maximum atomic E-state index is 12.3. The van der Waals surface area contributed by atoms with Crippen molar-refractivity contribution in [1.29, 1.82) is 0 Å². The van der Waals surface area contributed by atoms with Crippen molar-refractivity contribution in [3.8, 4) is 0 Å². The van der Waals surface area contributed by atoms with Crippen molar-refractivity contribution in [1.82, 2.24) is 9.71 Å². The summed E-state index contributed by atoms with van der Waals surface area (Å²) in [6.45, 7) is 2.76. The molecule has 0 atom stereocenters. The Kier molecular flexibility index (Phi) is 5.14. The molecule has 8 heteroatoms. The maximum Gasteiger partial charge on any atom is 0.244 e. The summed E-state index contributed by atoms with van der Waals surface area (Å²) in [5.41, 5.74) is 0. The molecule has 0 aromatic carbocycles. The SMILES string of the molecule is CCNc1ncccc1S(=O)(=O)NCc1ccc(Br)s1. The second-order valence-corrected chi connectivity index (χ2v) is 8.19. The fourth-order valence-corrected chi connectivity index (χ4v) is 4.25. The average molecular weight is 376 g/mol. The fraction of sp³-hybridized carbons (Fsp3) is 0.250. The third kappa shape index (κ3) is 3.78. The van der Waals surface area contributed by atoms with Gasteiger partial charge in [0.25, 0.3) is 0 Å². The highest BCUT2D eigenvalue weighted by Gasteiger charge is 2.18. The van der Waals surface area contributed by atoms with Gasteiger partial charge in [0.05, 0.1) is 3.79 Å². The van der Waals surface area contributed by atoms with E-state index < -0.39 is 10.0 Å². The van der Waals surface area contributed by atoms with Gasteiger partial charge in [-0.15, -0.1) is 11.3 Å². The number of thiophene rings is 1. The molecule has 2 aromatic rings. The molecule has 2 rings (SSSR count). The van der Waals surface area contributed by atoms with E-state index in [2.05, 4.69) is 31.0 Å². The van der Waals surface area contributed by atoms with Crippen molar-refractivity contribution in [2.75, 3.05) is 11.9 Å². The third-order valence-corrected chi connectivity index (χ3v) is 5.53. The molecule has 0 saturated carbocycles. The molecular weight excluding hydrogens is 362 g/mol. The molecule has 2 heterocycles. The van der Waals surface area contributed by atoms with Crippen LogP contribution in [0.1, 0.15) is 11.8 Å². The largest absolute Gasteiger partial charge is 0.369 e. The highest BCUT2D eigenvalue weighted by Crippen LogP contribution is 2.23. The lowest BCUT2D eigenvalue weighted by Gasteiger charge is -2.10. The predicted molar refractivity (Wildman–Crippen MR) is 84.4 cm³/mol. The fourth-order valence-electron chi connectivity index (χ4n) is 1.60. The highest BCUT2D eigenvalue weighted by molar-refractivity contribution is 9.11. The first-order valence-corrected chi connectivity index (χ1v) is 9.05. The zero-order valence-corrected chi connectivity index (χ0v) is 14.0. The molecule has 0 unspecified atom stereocenters. The van der Waals surface area contributed by atoms with Gasteiger partial charge >= 0.3 is 0 Å². The van der Waals surface area contributed by atoms with Crippen LogP contribution in [-0.2, 0) is 16.6 Å². The van der Waals surface area contributed by atoms with Crippen molar-refractivity contribution >= 4 is 43.1 Å². The highest BCUT2D eigenvalue weighted by atomic mass is 79.9. The van der Waals surface area contributed by atoms with Gasteiger partial charge in [0.15, 0.2) is 0 Å². The van der Waals surface area contributed by atoms with Gasteiger partial charge in [0.2, 0.25) is 10.0 Å². The number of hydrogen-bond donors (Lipinski definition) is 2. The number of nitrogens with zero attached hydrogens (tertiary/aromatic N) is 1. The van der Waals surface area contributed by atoms with E-state index in [1.54, 1.807) is 12.3 Å². The van der Waals surface area contributed by atoms with Crippen LogP contribution >= 0.6 is 27.3 Å². The minimum Gasteiger partial charge on any atom is -0.369 e. The summed E-state index contributed by atoms with van der Waals surface area (Å²) in [6.07, 6.45) is 1.56. The zero-order valence-electron chi connectivity index (χ0n) is 10.8. The first-order valence-electron chi connectivity index (χ1n) is 5.95. The summed E-state index contributed by atoms with van der Waals surface area (Å²) >= 11 is 4.85. The van der Waals surface area contributed by atoms with E-state index in [1.807, 2.05) is 19.1 Å². The smallest absolute Gasteiger partial charge is 0.244 e. The van der Waals surface area contributed by atoms with Crippen LogP contribution in [0.15, 0.2) is 39.1 Å². The van der Waals surface area contributed by atoms with Gasteiger partial charge in [-0.05, 0) is 47.1 Å². The van der Waals surface area contributed by atoms with Gasteiger partial charge in [0.1, 0.15) is 10.7 Å². The van der Waals surface area contributed by atoms with E-state index in [1.165, 1.54) is 17.4 Å². The lowest BCUT2D eigenvalue weighted by Crippen LogP contribution is -2.24. The monoisotopic (exact) mass is 375 g/mol. The molecule has 0 saturated heterocycles. The first kappa shape index (κ1) is 15.4. The van der Waals surface area contributed by atoms with E-state index in [0.29, 0.717) is 12.4 Å². The Bertz CT molecular complexity index is 686. The van der Waals surface area contributed by atoms with Crippen LogP contribution in [0.2, 0.25) is 0 Å². The van der Waals surface area contributed by atoms with Crippen LogP contribution in [0.5, 0.6) is 0 Å². The maximum absolute atomic E-state index is 12.3. The second kappa shape index (κ2) is 6.66. The topological polar surface area (TPSA) is 71.1 Å². The molecule has 20 heavy (non-hydrogen) atoms. The van der Waals surface area contributed by atoms with Gasteiger partial charge < -0.3 is 5.32 Å². The number of nitrogens with one attached hydrogen (secondary N) is 2. The number of halogens is 1. The van der Waals surface area contributed by atoms with Crippen LogP contribution in [0.4, 0.5) is 5.82 Å². The van der Waals surface area contributed by atoms with Crippen molar-refractivity contribution < 1.29 is 8.42 Å². The number of rotatable bonds is 6. The molecule has 0 radical (unpaired) electrons. The first-order chi connectivity index (χ1) is 9.53. The van der Waals surface area contributed by atoms with Crippen molar-refractivity contribution in [3.05, 3.63) is 39.1 Å². The Balaban J connectivity index is 2.18. The lowest BCUT2D eigenvalue weighted by atomic mass is 10.4. The Morgan fingerprint density at radius 2 is 2.15 bits per heavy atom. The van der Waals surface area contributed by atoms with Gasteiger partial charge in [-0.2, -0.15) is 0 Å². The standard InChI is InChI=1S/C12H14BrN3O2S2/c1-2-14-12-10(4-3-7-15-12)20(17,18)16-8-9-5-6-11(13)19-9/h3-7,16H,2,8H2,1H3,(H,14,15).